The van der Waals surface area contributed by atoms with Gasteiger partial charge in [0.05, 0.1) is 29.9 Å². The Morgan fingerprint density at radius 2 is 1.96 bits per heavy atom. The van der Waals surface area contributed by atoms with E-state index in [-0.39, 0.29) is 5.91 Å². The van der Waals surface area contributed by atoms with Crippen LogP contribution in [0.2, 0.25) is 0 Å². The number of fused-ring (bicyclic) bond motifs is 1. The molecular weight excluding hydrogens is 354 g/mol. The molecule has 0 atom stereocenters. The van der Waals surface area contributed by atoms with Crippen LogP contribution >= 0.6 is 0 Å². The summed E-state index contributed by atoms with van der Waals surface area (Å²) in [7, 11) is 1.59. The number of nitrogens with one attached hydrogen (secondary N) is 1. The Kier molecular flexibility index (Phi) is 5.23. The lowest BCUT2D eigenvalue weighted by Gasteiger charge is -2.27. The first-order valence-electron chi connectivity index (χ1n) is 9.81. The molecular formula is C21H25N5O2. The molecule has 1 aliphatic carbocycles. The number of hydrogen-bond donors (Lipinski definition) is 1. The number of benzene rings is 1. The average Bonchev–Trinajstić information content (AvgIpc) is 3.16. The Labute approximate surface area is 164 Å². The van der Waals surface area contributed by atoms with Gasteiger partial charge in [-0.15, -0.1) is 0 Å². The van der Waals surface area contributed by atoms with E-state index in [2.05, 4.69) is 33.1 Å². The van der Waals surface area contributed by atoms with Gasteiger partial charge in [-0.2, -0.15) is 5.10 Å². The standard InChI is InChI=1S/C21H25N5O2/c1-3-14-4-6-17(7-5-14)26-12-15-8-19(20(28-2)9-18(15)25-26)24-21(27)16-10-22-13-23-11-16/h8-14,17H,3-7H2,1-2H3,(H,24,27). The normalized spacial score (nSPS) is 19.5. The molecule has 2 aromatic heterocycles. The van der Waals surface area contributed by atoms with Crippen LogP contribution < -0.4 is 10.1 Å². The van der Waals surface area contributed by atoms with Gasteiger partial charge >= 0.3 is 0 Å². The predicted octanol–water partition coefficient (Wildman–Crippen LogP) is 4.23. The summed E-state index contributed by atoms with van der Waals surface area (Å²) >= 11 is 0. The maximum absolute atomic E-state index is 12.5. The van der Waals surface area contributed by atoms with Crippen molar-refractivity contribution in [1.29, 1.82) is 0 Å². The third-order valence-corrected chi connectivity index (χ3v) is 5.68. The molecule has 1 N–H and O–H groups in total. The van der Waals surface area contributed by atoms with E-state index < -0.39 is 0 Å². The summed E-state index contributed by atoms with van der Waals surface area (Å²) in [5, 5.41) is 8.65. The van der Waals surface area contributed by atoms with Gasteiger partial charge in [0, 0.05) is 30.0 Å². The molecule has 1 aromatic carbocycles. The van der Waals surface area contributed by atoms with Crippen molar-refractivity contribution in [2.24, 2.45) is 5.92 Å². The van der Waals surface area contributed by atoms with Crippen LogP contribution in [-0.2, 0) is 0 Å². The molecule has 1 fully saturated rings. The summed E-state index contributed by atoms with van der Waals surface area (Å²) < 4.78 is 7.57. The number of carbonyl (C=O) groups is 1. The van der Waals surface area contributed by atoms with Crippen molar-refractivity contribution in [3.05, 3.63) is 42.6 Å². The van der Waals surface area contributed by atoms with Gasteiger partial charge in [-0.1, -0.05) is 13.3 Å². The van der Waals surface area contributed by atoms with Crippen LogP contribution in [0.1, 0.15) is 55.4 Å². The van der Waals surface area contributed by atoms with E-state index in [0.29, 0.717) is 23.0 Å². The quantitative estimate of drug-likeness (QED) is 0.717. The summed E-state index contributed by atoms with van der Waals surface area (Å²) in [6, 6.07) is 4.23. The highest BCUT2D eigenvalue weighted by Crippen LogP contribution is 2.35. The van der Waals surface area contributed by atoms with Gasteiger partial charge in [-0.05, 0) is 37.7 Å². The first-order valence-corrected chi connectivity index (χ1v) is 9.81. The lowest BCUT2D eigenvalue weighted by molar-refractivity contribution is 0.102. The van der Waals surface area contributed by atoms with Crippen LogP contribution in [0, 0.1) is 5.92 Å². The second-order valence-corrected chi connectivity index (χ2v) is 7.38. The second kappa shape index (κ2) is 7.96. The van der Waals surface area contributed by atoms with Gasteiger partial charge in [0.25, 0.3) is 5.91 Å². The third-order valence-electron chi connectivity index (χ3n) is 5.68. The molecule has 4 rings (SSSR count). The summed E-state index contributed by atoms with van der Waals surface area (Å²) in [5.41, 5.74) is 1.88. The number of rotatable bonds is 5. The Morgan fingerprint density at radius 1 is 1.21 bits per heavy atom. The van der Waals surface area contributed by atoms with Crippen LogP contribution in [0.5, 0.6) is 5.75 Å². The van der Waals surface area contributed by atoms with Gasteiger partial charge in [0.1, 0.15) is 12.1 Å². The van der Waals surface area contributed by atoms with Crippen molar-refractivity contribution >= 4 is 22.5 Å². The van der Waals surface area contributed by atoms with E-state index in [1.165, 1.54) is 50.8 Å². The van der Waals surface area contributed by atoms with E-state index in [4.69, 9.17) is 9.84 Å². The van der Waals surface area contributed by atoms with Gasteiger partial charge in [-0.25, -0.2) is 9.97 Å². The van der Waals surface area contributed by atoms with Crippen molar-refractivity contribution < 1.29 is 9.53 Å². The Balaban J connectivity index is 1.59. The van der Waals surface area contributed by atoms with Crippen molar-refractivity contribution in [2.45, 2.75) is 45.1 Å². The largest absolute Gasteiger partial charge is 0.494 e. The third kappa shape index (κ3) is 3.69. The lowest BCUT2D eigenvalue weighted by atomic mass is 9.85. The number of amides is 1. The van der Waals surface area contributed by atoms with E-state index in [0.717, 1.165) is 16.8 Å². The van der Waals surface area contributed by atoms with Crippen molar-refractivity contribution in [1.82, 2.24) is 19.7 Å². The van der Waals surface area contributed by atoms with Crippen LogP contribution in [0.3, 0.4) is 0 Å². The Hall–Kier alpha value is -2.96. The van der Waals surface area contributed by atoms with Crippen molar-refractivity contribution in [2.75, 3.05) is 12.4 Å². The van der Waals surface area contributed by atoms with E-state index in [9.17, 15) is 4.79 Å². The minimum absolute atomic E-state index is 0.275. The minimum atomic E-state index is -0.275. The molecule has 28 heavy (non-hydrogen) atoms. The highest BCUT2D eigenvalue weighted by Gasteiger charge is 2.22. The lowest BCUT2D eigenvalue weighted by Crippen LogP contribution is -2.18. The van der Waals surface area contributed by atoms with Gasteiger partial charge in [-0.3, -0.25) is 9.48 Å². The van der Waals surface area contributed by atoms with Crippen molar-refractivity contribution in [3.8, 4) is 5.75 Å². The van der Waals surface area contributed by atoms with Crippen LogP contribution in [0.15, 0.2) is 37.1 Å². The number of nitrogens with zero attached hydrogens (tertiary/aromatic N) is 4. The van der Waals surface area contributed by atoms with Crippen LogP contribution in [0.4, 0.5) is 5.69 Å². The first-order chi connectivity index (χ1) is 13.7. The van der Waals surface area contributed by atoms with Gasteiger partial charge < -0.3 is 10.1 Å². The molecule has 0 bridgehead atoms. The molecule has 3 aromatic rings. The van der Waals surface area contributed by atoms with Crippen LogP contribution in [-0.4, -0.2) is 32.8 Å². The van der Waals surface area contributed by atoms with Gasteiger partial charge in [0.15, 0.2) is 0 Å². The fraction of sp³-hybridized carbons (Fsp3) is 0.429. The minimum Gasteiger partial charge on any atom is -0.494 e. The zero-order valence-corrected chi connectivity index (χ0v) is 16.3. The fourth-order valence-electron chi connectivity index (χ4n) is 3.95. The maximum atomic E-state index is 12.5. The summed E-state index contributed by atoms with van der Waals surface area (Å²) in [6.45, 7) is 2.27. The zero-order valence-electron chi connectivity index (χ0n) is 16.3. The van der Waals surface area contributed by atoms with E-state index in [1.54, 1.807) is 7.11 Å². The molecule has 146 valence electrons. The zero-order chi connectivity index (χ0) is 19.5. The first kappa shape index (κ1) is 18.4. The van der Waals surface area contributed by atoms with Gasteiger partial charge in [0.2, 0.25) is 0 Å². The Morgan fingerprint density at radius 3 is 2.64 bits per heavy atom. The summed E-state index contributed by atoms with van der Waals surface area (Å²) in [4.78, 5) is 20.2. The molecule has 0 unspecified atom stereocenters. The smallest absolute Gasteiger partial charge is 0.258 e. The predicted molar refractivity (Wildman–Crippen MR) is 108 cm³/mol. The summed E-state index contributed by atoms with van der Waals surface area (Å²) in [6.07, 6.45) is 12.6. The molecule has 2 heterocycles. The number of anilines is 1. The number of hydrogen-bond acceptors (Lipinski definition) is 5. The molecule has 0 spiro atoms. The Bertz CT molecular complexity index is 962. The second-order valence-electron chi connectivity index (χ2n) is 7.38. The van der Waals surface area contributed by atoms with Crippen molar-refractivity contribution in [3.63, 3.8) is 0 Å². The number of ether oxygens (including phenoxy) is 1. The maximum Gasteiger partial charge on any atom is 0.258 e. The molecule has 7 heteroatoms. The average molecular weight is 379 g/mol. The topological polar surface area (TPSA) is 81.9 Å². The fourth-order valence-corrected chi connectivity index (χ4v) is 3.95. The number of methoxy groups -OCH3 is 1. The van der Waals surface area contributed by atoms with E-state index >= 15 is 0 Å². The molecule has 1 aliphatic rings. The highest BCUT2D eigenvalue weighted by molar-refractivity contribution is 6.05. The number of aromatic nitrogens is 4. The number of carbonyl (C=O) groups excluding carboxylic acids is 1. The molecule has 7 nitrogen and oxygen atoms in total. The van der Waals surface area contributed by atoms with Crippen LogP contribution in [0.25, 0.3) is 10.9 Å². The molecule has 0 saturated heterocycles. The molecule has 1 amide bonds. The monoisotopic (exact) mass is 379 g/mol. The molecule has 0 aliphatic heterocycles. The summed E-state index contributed by atoms with van der Waals surface area (Å²) in [5.74, 6) is 1.16. The van der Waals surface area contributed by atoms with E-state index in [1.807, 2.05) is 12.1 Å². The molecule has 0 radical (unpaired) electrons. The molecule has 1 saturated carbocycles. The SMILES string of the molecule is CCC1CCC(n2cc3cc(NC(=O)c4cncnc4)c(OC)cc3n2)CC1. The highest BCUT2D eigenvalue weighted by atomic mass is 16.5.